The summed E-state index contributed by atoms with van der Waals surface area (Å²) < 4.78 is 14.1. The SMILES string of the molecule is Cc1cc(C(Cl)c2ccc(Cl)c(Br)c2)c(Cl)cc1F. The van der Waals surface area contributed by atoms with Crippen LogP contribution in [0.2, 0.25) is 10.0 Å². The Morgan fingerprint density at radius 3 is 2.42 bits per heavy atom. The van der Waals surface area contributed by atoms with E-state index in [9.17, 15) is 4.39 Å². The molecule has 2 aromatic carbocycles. The summed E-state index contributed by atoms with van der Waals surface area (Å²) in [6.07, 6.45) is 0. The van der Waals surface area contributed by atoms with Crippen molar-refractivity contribution in [3.05, 3.63) is 67.4 Å². The number of halogens is 5. The molecule has 0 amide bonds. The first-order valence-electron chi connectivity index (χ1n) is 5.44. The molecule has 1 atom stereocenters. The highest BCUT2D eigenvalue weighted by atomic mass is 79.9. The van der Waals surface area contributed by atoms with Crippen LogP contribution < -0.4 is 0 Å². The molecular weight excluding hydrogens is 373 g/mol. The summed E-state index contributed by atoms with van der Waals surface area (Å²) in [6.45, 7) is 1.68. The maximum atomic E-state index is 13.4. The number of hydrogen-bond donors (Lipinski definition) is 0. The first-order chi connectivity index (χ1) is 8.90. The molecule has 0 aliphatic rings. The van der Waals surface area contributed by atoms with Crippen LogP contribution in [0.1, 0.15) is 22.1 Å². The Morgan fingerprint density at radius 1 is 1.11 bits per heavy atom. The summed E-state index contributed by atoms with van der Waals surface area (Å²) in [5, 5.41) is 0.462. The molecule has 5 heteroatoms. The smallest absolute Gasteiger partial charge is 0.127 e. The van der Waals surface area contributed by atoms with Crippen molar-refractivity contribution in [3.8, 4) is 0 Å². The van der Waals surface area contributed by atoms with Crippen LogP contribution in [0.4, 0.5) is 4.39 Å². The summed E-state index contributed by atoms with van der Waals surface area (Å²) in [5.74, 6) is -0.338. The molecule has 0 N–H and O–H groups in total. The Hall–Kier alpha value is -0.280. The van der Waals surface area contributed by atoms with E-state index in [1.807, 2.05) is 12.1 Å². The minimum Gasteiger partial charge on any atom is -0.207 e. The zero-order chi connectivity index (χ0) is 14.2. The van der Waals surface area contributed by atoms with E-state index in [4.69, 9.17) is 34.8 Å². The quantitative estimate of drug-likeness (QED) is 0.518. The van der Waals surface area contributed by atoms with Crippen molar-refractivity contribution in [3.63, 3.8) is 0 Å². The summed E-state index contributed by atoms with van der Waals surface area (Å²) >= 11 is 21.8. The van der Waals surface area contributed by atoms with Crippen LogP contribution in [0.15, 0.2) is 34.8 Å². The predicted molar refractivity (Wildman–Crippen MR) is 83.0 cm³/mol. The Bertz CT molecular complexity index is 628. The average Bonchev–Trinajstić information content (AvgIpc) is 2.36. The molecule has 19 heavy (non-hydrogen) atoms. The fourth-order valence-electron chi connectivity index (χ4n) is 1.72. The van der Waals surface area contributed by atoms with Crippen LogP contribution in [-0.2, 0) is 0 Å². The maximum absolute atomic E-state index is 13.4. The second-order valence-electron chi connectivity index (χ2n) is 4.16. The first-order valence-corrected chi connectivity index (χ1v) is 7.43. The molecule has 100 valence electrons. The fourth-order valence-corrected chi connectivity index (χ4v) is 2.87. The standard InChI is InChI=1S/C14H9BrCl3F/c1-7-4-9(12(17)6-13(7)19)14(18)8-2-3-11(16)10(15)5-8/h2-6,14H,1H3. The van der Waals surface area contributed by atoms with Gasteiger partial charge in [-0.3, -0.25) is 0 Å². The topological polar surface area (TPSA) is 0 Å². The van der Waals surface area contributed by atoms with Crippen molar-refractivity contribution in [1.29, 1.82) is 0 Å². The minimum atomic E-state index is -0.458. The summed E-state index contributed by atoms with van der Waals surface area (Å²) in [5.41, 5.74) is 2.03. The molecule has 0 fully saturated rings. The van der Waals surface area contributed by atoms with E-state index >= 15 is 0 Å². The highest BCUT2D eigenvalue weighted by molar-refractivity contribution is 9.10. The van der Waals surface area contributed by atoms with Crippen molar-refractivity contribution in [2.75, 3.05) is 0 Å². The highest BCUT2D eigenvalue weighted by Gasteiger charge is 2.17. The van der Waals surface area contributed by atoms with Gasteiger partial charge in [0.25, 0.3) is 0 Å². The van der Waals surface area contributed by atoms with Crippen LogP contribution >= 0.6 is 50.7 Å². The number of benzene rings is 2. The molecule has 0 saturated carbocycles. The van der Waals surface area contributed by atoms with Gasteiger partial charge in [-0.1, -0.05) is 29.3 Å². The fraction of sp³-hybridized carbons (Fsp3) is 0.143. The van der Waals surface area contributed by atoms with Gasteiger partial charge in [0.05, 0.1) is 10.4 Å². The normalized spacial score (nSPS) is 12.5. The van der Waals surface area contributed by atoms with E-state index < -0.39 is 5.38 Å². The van der Waals surface area contributed by atoms with Gasteiger partial charge in [-0.15, -0.1) is 11.6 Å². The summed E-state index contributed by atoms with van der Waals surface area (Å²) in [4.78, 5) is 0. The monoisotopic (exact) mass is 380 g/mol. The summed E-state index contributed by atoms with van der Waals surface area (Å²) in [6, 6.07) is 8.35. The van der Waals surface area contributed by atoms with Crippen LogP contribution in [0.25, 0.3) is 0 Å². The van der Waals surface area contributed by atoms with E-state index in [1.165, 1.54) is 6.07 Å². The van der Waals surface area contributed by atoms with Gasteiger partial charge in [-0.25, -0.2) is 4.39 Å². The predicted octanol–water partition coefficient (Wildman–Crippen LogP) is 6.53. The second-order valence-corrected chi connectivity index (χ2v) is 6.26. The molecule has 1 unspecified atom stereocenters. The second kappa shape index (κ2) is 6.01. The van der Waals surface area contributed by atoms with Crippen molar-refractivity contribution in [2.24, 2.45) is 0 Å². The Labute approximate surface area is 134 Å². The Morgan fingerprint density at radius 2 is 1.79 bits per heavy atom. The molecule has 0 spiro atoms. The van der Waals surface area contributed by atoms with Gasteiger partial charge in [-0.2, -0.15) is 0 Å². The number of hydrogen-bond acceptors (Lipinski definition) is 0. The van der Waals surface area contributed by atoms with Crippen LogP contribution in [0.3, 0.4) is 0 Å². The summed E-state index contributed by atoms with van der Waals surface area (Å²) in [7, 11) is 0. The van der Waals surface area contributed by atoms with E-state index in [1.54, 1.807) is 19.1 Å². The third kappa shape index (κ3) is 3.25. The number of aryl methyl sites for hydroxylation is 1. The minimum absolute atomic E-state index is 0.314. The zero-order valence-corrected chi connectivity index (χ0v) is 13.7. The van der Waals surface area contributed by atoms with E-state index in [2.05, 4.69) is 15.9 Å². The van der Waals surface area contributed by atoms with Crippen molar-refractivity contribution in [1.82, 2.24) is 0 Å². The van der Waals surface area contributed by atoms with Gasteiger partial charge in [0.1, 0.15) is 5.82 Å². The van der Waals surface area contributed by atoms with Gasteiger partial charge < -0.3 is 0 Å². The third-order valence-electron chi connectivity index (χ3n) is 2.79. The lowest BCUT2D eigenvalue weighted by Crippen LogP contribution is -1.97. The first kappa shape index (κ1) is 15.1. The maximum Gasteiger partial charge on any atom is 0.127 e. The van der Waals surface area contributed by atoms with Gasteiger partial charge in [0.15, 0.2) is 0 Å². The number of rotatable bonds is 2. The van der Waals surface area contributed by atoms with E-state index in [-0.39, 0.29) is 5.82 Å². The molecule has 2 rings (SSSR count). The molecule has 2 aromatic rings. The molecule has 0 nitrogen and oxygen atoms in total. The molecule has 0 aliphatic heterocycles. The van der Waals surface area contributed by atoms with Crippen LogP contribution in [-0.4, -0.2) is 0 Å². The van der Waals surface area contributed by atoms with E-state index in [0.717, 1.165) is 10.0 Å². The molecular formula is C14H9BrCl3F. The van der Waals surface area contributed by atoms with Gasteiger partial charge in [0, 0.05) is 9.50 Å². The highest BCUT2D eigenvalue weighted by Crippen LogP contribution is 2.37. The van der Waals surface area contributed by atoms with Crippen molar-refractivity contribution >= 4 is 50.7 Å². The van der Waals surface area contributed by atoms with Gasteiger partial charge in [0.2, 0.25) is 0 Å². The molecule has 0 aromatic heterocycles. The van der Waals surface area contributed by atoms with Crippen molar-refractivity contribution in [2.45, 2.75) is 12.3 Å². The third-order valence-corrected chi connectivity index (χ3v) is 4.82. The lowest BCUT2D eigenvalue weighted by molar-refractivity contribution is 0.618. The molecule has 0 aliphatic carbocycles. The lowest BCUT2D eigenvalue weighted by Gasteiger charge is -2.14. The van der Waals surface area contributed by atoms with Crippen LogP contribution in [0.5, 0.6) is 0 Å². The largest absolute Gasteiger partial charge is 0.207 e. The Balaban J connectivity index is 2.46. The lowest BCUT2D eigenvalue weighted by atomic mass is 10.0. The van der Waals surface area contributed by atoms with Gasteiger partial charge >= 0.3 is 0 Å². The molecule has 0 radical (unpaired) electrons. The molecule has 0 bridgehead atoms. The average molecular weight is 382 g/mol. The number of alkyl halides is 1. The van der Waals surface area contributed by atoms with E-state index in [0.29, 0.717) is 21.2 Å². The van der Waals surface area contributed by atoms with Crippen molar-refractivity contribution < 1.29 is 4.39 Å². The Kier molecular flexibility index (Phi) is 4.78. The molecule has 0 heterocycles. The molecule has 0 saturated heterocycles. The zero-order valence-electron chi connectivity index (χ0n) is 9.85. The van der Waals surface area contributed by atoms with Crippen LogP contribution in [0, 0.1) is 12.7 Å². The van der Waals surface area contributed by atoms with Gasteiger partial charge in [-0.05, 0) is 63.8 Å².